The molecule has 0 aliphatic carbocycles. The van der Waals surface area contributed by atoms with Crippen molar-refractivity contribution in [1.29, 1.82) is 0 Å². The third kappa shape index (κ3) is 5.23. The second kappa shape index (κ2) is 9.55. The molecule has 0 fully saturated rings. The molecule has 1 heterocycles. The monoisotopic (exact) mass is 397 g/mol. The van der Waals surface area contributed by atoms with Gasteiger partial charge in [-0.05, 0) is 36.1 Å². The summed E-state index contributed by atoms with van der Waals surface area (Å²) < 4.78 is 24.7. The molecule has 1 aliphatic rings. The first-order valence-corrected chi connectivity index (χ1v) is 11.2. The summed E-state index contributed by atoms with van der Waals surface area (Å²) in [5.41, 5.74) is 2.64. The van der Waals surface area contributed by atoms with E-state index < -0.39 is 9.84 Å². The van der Waals surface area contributed by atoms with Crippen LogP contribution in [0, 0.1) is 0 Å². The predicted octanol–water partition coefficient (Wildman–Crippen LogP) is 3.22. The van der Waals surface area contributed by atoms with Crippen molar-refractivity contribution in [3.8, 4) is 0 Å². The molecule has 0 aromatic heterocycles. The van der Waals surface area contributed by atoms with Crippen molar-refractivity contribution < 1.29 is 8.42 Å². The number of benzene rings is 2. The Morgan fingerprint density at radius 2 is 1.75 bits per heavy atom. The maximum Gasteiger partial charge on any atom is 0.193 e. The molecule has 0 bridgehead atoms. The van der Waals surface area contributed by atoms with E-state index in [2.05, 4.69) is 45.6 Å². The number of nitrogens with zero attached hydrogens (tertiary/aromatic N) is 2. The fourth-order valence-corrected chi connectivity index (χ4v) is 4.65. The highest BCUT2D eigenvalue weighted by Crippen LogP contribution is 2.21. The van der Waals surface area contributed by atoms with Gasteiger partial charge >= 0.3 is 0 Å². The molecule has 0 amide bonds. The van der Waals surface area contributed by atoms with Crippen LogP contribution in [0.15, 0.2) is 76.6 Å². The number of rotatable bonds is 6. The minimum Gasteiger partial charge on any atom is -0.356 e. The topological polar surface area (TPSA) is 61.8 Å². The van der Waals surface area contributed by atoms with Crippen molar-refractivity contribution in [2.24, 2.45) is 4.99 Å². The molecule has 0 radical (unpaired) electrons. The highest BCUT2D eigenvalue weighted by Gasteiger charge is 2.17. The summed E-state index contributed by atoms with van der Waals surface area (Å²) in [6, 6.07) is 19.0. The largest absolute Gasteiger partial charge is 0.356 e. The second-order valence-corrected chi connectivity index (χ2v) is 8.86. The Morgan fingerprint density at radius 1 is 1.07 bits per heavy atom. The molecule has 0 saturated carbocycles. The zero-order valence-corrected chi connectivity index (χ0v) is 17.0. The Kier molecular flexibility index (Phi) is 6.87. The molecular weight excluding hydrogens is 370 g/mol. The van der Waals surface area contributed by atoms with E-state index in [4.69, 9.17) is 0 Å². The average molecular weight is 398 g/mol. The molecule has 2 aromatic carbocycles. The van der Waals surface area contributed by atoms with Crippen LogP contribution in [-0.4, -0.2) is 51.7 Å². The van der Waals surface area contributed by atoms with Gasteiger partial charge in [0, 0.05) is 26.7 Å². The van der Waals surface area contributed by atoms with Crippen LogP contribution in [0.25, 0.3) is 5.57 Å². The van der Waals surface area contributed by atoms with Crippen LogP contribution >= 0.6 is 0 Å². The van der Waals surface area contributed by atoms with Crippen molar-refractivity contribution in [1.82, 2.24) is 10.2 Å². The fraction of sp³-hybridized carbons (Fsp3) is 0.318. The van der Waals surface area contributed by atoms with E-state index in [0.717, 1.165) is 25.5 Å². The van der Waals surface area contributed by atoms with E-state index in [1.54, 1.807) is 31.3 Å². The third-order valence-electron chi connectivity index (χ3n) is 4.84. The van der Waals surface area contributed by atoms with Gasteiger partial charge < -0.3 is 10.2 Å². The van der Waals surface area contributed by atoms with Crippen LogP contribution in [-0.2, 0) is 9.84 Å². The third-order valence-corrected chi connectivity index (χ3v) is 6.66. The van der Waals surface area contributed by atoms with Gasteiger partial charge in [-0.2, -0.15) is 0 Å². The zero-order chi connectivity index (χ0) is 19.8. The van der Waals surface area contributed by atoms with Gasteiger partial charge in [-0.15, -0.1) is 0 Å². The van der Waals surface area contributed by atoms with Crippen LogP contribution < -0.4 is 5.32 Å². The summed E-state index contributed by atoms with van der Waals surface area (Å²) in [4.78, 5) is 6.93. The minimum absolute atomic E-state index is 0.124. The lowest BCUT2D eigenvalue weighted by Gasteiger charge is -2.29. The normalized spacial score (nSPS) is 15.2. The minimum atomic E-state index is -3.23. The molecule has 0 saturated heterocycles. The number of sulfone groups is 1. The van der Waals surface area contributed by atoms with Crippen LogP contribution in [0.2, 0.25) is 0 Å². The fourth-order valence-electron chi connectivity index (χ4n) is 3.32. The summed E-state index contributed by atoms with van der Waals surface area (Å²) in [6.45, 7) is 2.26. The maximum atomic E-state index is 12.3. The molecule has 1 N–H and O–H groups in total. The Labute approximate surface area is 167 Å². The molecule has 148 valence electrons. The summed E-state index contributed by atoms with van der Waals surface area (Å²) in [5.74, 6) is 0.944. The Morgan fingerprint density at radius 3 is 2.36 bits per heavy atom. The van der Waals surface area contributed by atoms with Gasteiger partial charge in [0.2, 0.25) is 0 Å². The molecule has 5 nitrogen and oxygen atoms in total. The van der Waals surface area contributed by atoms with Crippen molar-refractivity contribution in [3.63, 3.8) is 0 Å². The van der Waals surface area contributed by atoms with Gasteiger partial charge in [-0.3, -0.25) is 4.99 Å². The number of hydrogen-bond acceptors (Lipinski definition) is 3. The molecule has 6 heteroatoms. The van der Waals surface area contributed by atoms with Crippen molar-refractivity contribution in [2.45, 2.75) is 17.7 Å². The molecule has 0 atom stereocenters. The van der Waals surface area contributed by atoms with Crippen LogP contribution in [0.1, 0.15) is 18.4 Å². The lowest BCUT2D eigenvalue weighted by Crippen LogP contribution is -2.44. The van der Waals surface area contributed by atoms with E-state index in [-0.39, 0.29) is 5.75 Å². The number of aliphatic imine (C=N–C) groups is 1. The van der Waals surface area contributed by atoms with Crippen molar-refractivity contribution in [2.75, 3.05) is 32.4 Å². The van der Waals surface area contributed by atoms with Gasteiger partial charge in [-0.25, -0.2) is 8.42 Å². The van der Waals surface area contributed by atoms with E-state index in [1.165, 1.54) is 11.1 Å². The summed E-state index contributed by atoms with van der Waals surface area (Å²) in [6.07, 6.45) is 3.74. The van der Waals surface area contributed by atoms with Gasteiger partial charge in [0.1, 0.15) is 0 Å². The lowest BCUT2D eigenvalue weighted by molar-refractivity contribution is 0.440. The zero-order valence-electron chi connectivity index (χ0n) is 16.2. The maximum absolute atomic E-state index is 12.3. The summed E-state index contributed by atoms with van der Waals surface area (Å²) >= 11 is 0. The van der Waals surface area contributed by atoms with Gasteiger partial charge in [0.25, 0.3) is 0 Å². The quantitative estimate of drug-likeness (QED) is 0.462. The molecule has 28 heavy (non-hydrogen) atoms. The summed E-state index contributed by atoms with van der Waals surface area (Å²) in [7, 11) is -1.47. The Bertz CT molecular complexity index is 923. The van der Waals surface area contributed by atoms with Gasteiger partial charge in [0.05, 0.1) is 10.6 Å². The number of hydrogen-bond donors (Lipinski definition) is 1. The van der Waals surface area contributed by atoms with Gasteiger partial charge in [0.15, 0.2) is 15.8 Å². The van der Waals surface area contributed by atoms with Crippen LogP contribution in [0.5, 0.6) is 0 Å². The van der Waals surface area contributed by atoms with E-state index >= 15 is 0 Å². The molecule has 0 spiro atoms. The van der Waals surface area contributed by atoms with Crippen LogP contribution in [0.4, 0.5) is 0 Å². The first-order valence-electron chi connectivity index (χ1n) is 9.58. The standard InChI is InChI=1S/C22H27N3O2S/c1-23-22(24-15-8-18-28(26,27)21-11-6-3-7-12-21)25-16-13-20(14-17-25)19-9-4-2-5-10-19/h2-7,9-13H,8,14-18H2,1H3,(H,23,24). The predicted molar refractivity (Wildman–Crippen MR) is 115 cm³/mol. The van der Waals surface area contributed by atoms with Crippen LogP contribution in [0.3, 0.4) is 0 Å². The highest BCUT2D eigenvalue weighted by atomic mass is 32.2. The first-order chi connectivity index (χ1) is 13.6. The van der Waals surface area contributed by atoms with E-state index in [9.17, 15) is 8.42 Å². The molecule has 0 unspecified atom stereocenters. The number of guanidine groups is 1. The molecule has 2 aromatic rings. The summed E-state index contributed by atoms with van der Waals surface area (Å²) in [5, 5.41) is 3.30. The lowest BCUT2D eigenvalue weighted by atomic mass is 10.00. The van der Waals surface area contributed by atoms with Gasteiger partial charge in [-0.1, -0.05) is 54.6 Å². The van der Waals surface area contributed by atoms with E-state index in [1.807, 2.05) is 12.1 Å². The van der Waals surface area contributed by atoms with Crippen molar-refractivity contribution >= 4 is 21.4 Å². The smallest absolute Gasteiger partial charge is 0.193 e. The average Bonchev–Trinajstić information content (AvgIpc) is 2.75. The molecule has 3 rings (SSSR count). The Hall–Kier alpha value is -2.60. The first kappa shape index (κ1) is 20.1. The highest BCUT2D eigenvalue weighted by molar-refractivity contribution is 7.91. The SMILES string of the molecule is CN=C(NCCCS(=O)(=O)c1ccccc1)N1CC=C(c2ccccc2)CC1. The van der Waals surface area contributed by atoms with E-state index in [0.29, 0.717) is 17.9 Å². The molecular formula is C22H27N3O2S. The second-order valence-electron chi connectivity index (χ2n) is 6.75. The Balaban J connectivity index is 1.49. The van der Waals surface area contributed by atoms with Crippen molar-refractivity contribution in [3.05, 3.63) is 72.3 Å². The number of nitrogens with one attached hydrogen (secondary N) is 1. The molecule has 1 aliphatic heterocycles.